The van der Waals surface area contributed by atoms with E-state index >= 15 is 0 Å². The van der Waals surface area contributed by atoms with E-state index in [2.05, 4.69) is 27.8 Å². The Morgan fingerprint density at radius 3 is 2.65 bits per heavy atom. The number of fused-ring (bicyclic) bond motifs is 1. The third-order valence-electron chi connectivity index (χ3n) is 3.59. The van der Waals surface area contributed by atoms with E-state index in [-0.39, 0.29) is 0 Å². The molecule has 2 aromatic rings. The highest BCUT2D eigenvalue weighted by Gasteiger charge is 2.29. The predicted molar refractivity (Wildman–Crippen MR) is 83.2 cm³/mol. The third-order valence-corrected chi connectivity index (χ3v) is 6.64. The highest BCUT2D eigenvalue weighted by molar-refractivity contribution is 7.92. The van der Waals surface area contributed by atoms with Gasteiger partial charge in [0.2, 0.25) is 0 Å². The van der Waals surface area contributed by atoms with Crippen LogP contribution in [0.2, 0.25) is 0 Å². The second kappa shape index (κ2) is 5.13. The molecule has 0 aromatic carbocycles. The number of aromatic nitrogens is 2. The van der Waals surface area contributed by atoms with Crippen molar-refractivity contribution in [1.29, 1.82) is 0 Å². The summed E-state index contributed by atoms with van der Waals surface area (Å²) in [6.45, 7) is 8.54. The Morgan fingerprint density at radius 2 is 2.05 bits per heavy atom. The number of sulfone groups is 1. The van der Waals surface area contributed by atoms with Gasteiger partial charge in [-0.15, -0.1) is 11.3 Å². The molecule has 0 saturated carbocycles. The number of hydrogen-bond acceptors (Lipinski definition) is 5. The van der Waals surface area contributed by atoms with E-state index in [1.165, 1.54) is 11.1 Å². The van der Waals surface area contributed by atoms with Gasteiger partial charge in [0.05, 0.1) is 16.1 Å². The molecule has 2 aromatic heterocycles. The maximum absolute atomic E-state index is 11.7. The van der Waals surface area contributed by atoms with E-state index in [0.717, 1.165) is 16.3 Å². The molecule has 112 valence electrons. The van der Waals surface area contributed by atoms with E-state index in [1.54, 1.807) is 25.2 Å². The van der Waals surface area contributed by atoms with Gasteiger partial charge < -0.3 is 5.32 Å². The number of hydrogen-bond donors (Lipinski definition) is 1. The SMILES string of the molecule is Cc1cn2c(CNCC(C)(C)S(C)(=O)=O)c(C)nc2s1. The summed E-state index contributed by atoms with van der Waals surface area (Å²) in [5.74, 6) is 0. The molecule has 0 amide bonds. The fraction of sp³-hybridized carbons (Fsp3) is 0.615. The van der Waals surface area contributed by atoms with Crippen LogP contribution in [0.1, 0.15) is 30.1 Å². The number of imidazole rings is 1. The zero-order chi connectivity index (χ0) is 15.1. The third kappa shape index (κ3) is 2.89. The summed E-state index contributed by atoms with van der Waals surface area (Å²) in [6.07, 6.45) is 3.35. The molecule has 2 heterocycles. The first kappa shape index (κ1) is 15.5. The molecule has 0 aliphatic rings. The lowest BCUT2D eigenvalue weighted by Gasteiger charge is -2.22. The Kier molecular flexibility index (Phi) is 3.96. The first-order valence-electron chi connectivity index (χ1n) is 6.46. The van der Waals surface area contributed by atoms with E-state index < -0.39 is 14.6 Å². The molecule has 0 saturated heterocycles. The van der Waals surface area contributed by atoms with Crippen molar-refractivity contribution >= 4 is 26.1 Å². The van der Waals surface area contributed by atoms with E-state index in [1.807, 2.05) is 6.92 Å². The van der Waals surface area contributed by atoms with Crippen LogP contribution in [0.4, 0.5) is 0 Å². The Morgan fingerprint density at radius 1 is 1.40 bits per heavy atom. The van der Waals surface area contributed by atoms with Gasteiger partial charge in [-0.3, -0.25) is 4.40 Å². The van der Waals surface area contributed by atoms with E-state index in [9.17, 15) is 8.42 Å². The Hall–Kier alpha value is -0.920. The van der Waals surface area contributed by atoms with Crippen molar-refractivity contribution in [2.24, 2.45) is 0 Å². The van der Waals surface area contributed by atoms with Crippen LogP contribution in [0.5, 0.6) is 0 Å². The average Bonchev–Trinajstić information content (AvgIpc) is 2.74. The molecule has 20 heavy (non-hydrogen) atoms. The van der Waals surface area contributed by atoms with E-state index in [0.29, 0.717) is 13.1 Å². The van der Waals surface area contributed by atoms with Gasteiger partial charge in [-0.05, 0) is 27.7 Å². The van der Waals surface area contributed by atoms with Gasteiger partial charge in [0.15, 0.2) is 14.8 Å². The van der Waals surface area contributed by atoms with Gasteiger partial charge in [0.1, 0.15) is 0 Å². The van der Waals surface area contributed by atoms with Gasteiger partial charge in [0, 0.05) is 30.4 Å². The Labute approximate surface area is 124 Å². The normalized spacial score (nSPS) is 13.2. The van der Waals surface area contributed by atoms with Crippen molar-refractivity contribution in [3.8, 4) is 0 Å². The number of thiazole rings is 1. The van der Waals surface area contributed by atoms with Crippen LogP contribution in [0.25, 0.3) is 4.96 Å². The minimum atomic E-state index is -3.07. The lowest BCUT2D eigenvalue weighted by molar-refractivity contribution is 0.519. The topological polar surface area (TPSA) is 63.5 Å². The molecule has 0 bridgehead atoms. The average molecular weight is 315 g/mol. The minimum absolute atomic E-state index is 0.418. The van der Waals surface area contributed by atoms with Crippen LogP contribution in [0.15, 0.2) is 6.20 Å². The molecule has 2 rings (SSSR count). The summed E-state index contributed by atoms with van der Waals surface area (Å²) < 4.78 is 24.7. The molecular weight excluding hydrogens is 294 g/mol. The summed E-state index contributed by atoms with van der Waals surface area (Å²) in [5.41, 5.74) is 2.08. The Bertz CT molecular complexity index is 726. The fourth-order valence-corrected chi connectivity index (χ4v) is 3.19. The van der Waals surface area contributed by atoms with Crippen molar-refractivity contribution in [3.05, 3.63) is 22.5 Å². The number of aryl methyl sites for hydroxylation is 2. The van der Waals surface area contributed by atoms with Gasteiger partial charge in [0.25, 0.3) is 0 Å². The van der Waals surface area contributed by atoms with Gasteiger partial charge in [-0.2, -0.15) is 0 Å². The molecule has 0 aliphatic heterocycles. The van der Waals surface area contributed by atoms with Crippen LogP contribution in [-0.4, -0.2) is 35.4 Å². The van der Waals surface area contributed by atoms with Crippen molar-refractivity contribution in [1.82, 2.24) is 14.7 Å². The van der Waals surface area contributed by atoms with Gasteiger partial charge >= 0.3 is 0 Å². The van der Waals surface area contributed by atoms with Crippen LogP contribution < -0.4 is 5.32 Å². The molecule has 7 heteroatoms. The standard InChI is InChI=1S/C13H21N3O2S2/c1-9-7-16-11(10(2)15-12(16)19-9)6-14-8-13(3,4)20(5,17)18/h7,14H,6,8H2,1-5H3. The predicted octanol–water partition coefficient (Wildman–Crippen LogP) is 1.93. The number of nitrogens with one attached hydrogen (secondary N) is 1. The van der Waals surface area contributed by atoms with Crippen LogP contribution in [0.3, 0.4) is 0 Å². The van der Waals surface area contributed by atoms with Crippen molar-refractivity contribution < 1.29 is 8.42 Å². The molecule has 5 nitrogen and oxygen atoms in total. The summed E-state index contributed by atoms with van der Waals surface area (Å²) in [6, 6.07) is 0. The molecule has 0 radical (unpaired) electrons. The summed E-state index contributed by atoms with van der Waals surface area (Å²) >= 11 is 1.66. The van der Waals surface area contributed by atoms with Crippen molar-refractivity contribution in [2.45, 2.75) is 39.0 Å². The second-order valence-electron chi connectivity index (χ2n) is 5.77. The number of nitrogens with zero attached hydrogens (tertiary/aromatic N) is 2. The molecule has 0 spiro atoms. The second-order valence-corrected chi connectivity index (χ2v) is 9.64. The summed E-state index contributed by atoms with van der Waals surface area (Å²) in [4.78, 5) is 6.72. The Balaban J connectivity index is 2.12. The van der Waals surface area contributed by atoms with Gasteiger partial charge in [-0.25, -0.2) is 13.4 Å². The molecule has 0 aliphatic carbocycles. The van der Waals surface area contributed by atoms with Crippen molar-refractivity contribution in [3.63, 3.8) is 0 Å². The minimum Gasteiger partial charge on any atom is -0.310 e. The molecular formula is C13H21N3O2S2. The molecule has 1 N–H and O–H groups in total. The molecule has 0 unspecified atom stereocenters. The fourth-order valence-electron chi connectivity index (χ4n) is 1.94. The quantitative estimate of drug-likeness (QED) is 0.915. The van der Waals surface area contributed by atoms with Crippen LogP contribution in [0, 0.1) is 13.8 Å². The van der Waals surface area contributed by atoms with Gasteiger partial charge in [-0.1, -0.05) is 0 Å². The first-order chi connectivity index (χ1) is 9.12. The maximum atomic E-state index is 11.7. The van der Waals surface area contributed by atoms with E-state index in [4.69, 9.17) is 0 Å². The molecule has 0 atom stereocenters. The zero-order valence-electron chi connectivity index (χ0n) is 12.5. The van der Waals surface area contributed by atoms with Crippen LogP contribution in [-0.2, 0) is 16.4 Å². The van der Waals surface area contributed by atoms with Crippen LogP contribution >= 0.6 is 11.3 Å². The zero-order valence-corrected chi connectivity index (χ0v) is 14.2. The maximum Gasteiger partial charge on any atom is 0.194 e. The van der Waals surface area contributed by atoms with Crippen molar-refractivity contribution in [2.75, 3.05) is 12.8 Å². The highest BCUT2D eigenvalue weighted by atomic mass is 32.2. The number of rotatable bonds is 5. The summed E-state index contributed by atoms with van der Waals surface area (Å²) in [7, 11) is -3.07. The first-order valence-corrected chi connectivity index (χ1v) is 9.17. The monoisotopic (exact) mass is 315 g/mol. The molecule has 0 fully saturated rings. The highest BCUT2D eigenvalue weighted by Crippen LogP contribution is 2.21. The lowest BCUT2D eigenvalue weighted by Crippen LogP contribution is -2.41. The lowest BCUT2D eigenvalue weighted by atomic mass is 10.2. The largest absolute Gasteiger partial charge is 0.310 e. The smallest absolute Gasteiger partial charge is 0.194 e. The summed E-state index contributed by atoms with van der Waals surface area (Å²) in [5, 5.41) is 3.24.